The van der Waals surface area contributed by atoms with Gasteiger partial charge in [-0.25, -0.2) is 14.8 Å². The van der Waals surface area contributed by atoms with Gasteiger partial charge in [0, 0.05) is 35.7 Å². The zero-order valence-corrected chi connectivity index (χ0v) is 12.6. The number of rotatable bonds is 4. The number of hydrogen-bond donors (Lipinski definition) is 3. The van der Waals surface area contributed by atoms with Gasteiger partial charge in [0.25, 0.3) is 0 Å². The van der Waals surface area contributed by atoms with E-state index in [4.69, 9.17) is 0 Å². The molecule has 0 bridgehead atoms. The number of H-pyrrole nitrogens is 1. The zero-order valence-electron chi connectivity index (χ0n) is 11.8. The lowest BCUT2D eigenvalue weighted by atomic mass is 10.2. The molecule has 3 aromatic heterocycles. The van der Waals surface area contributed by atoms with E-state index >= 15 is 0 Å². The Bertz CT molecular complexity index is 740. The molecule has 3 N–H and O–H groups in total. The lowest BCUT2D eigenvalue weighted by Crippen LogP contribution is -2.31. The summed E-state index contributed by atoms with van der Waals surface area (Å²) in [5, 5.41) is 7.92. The number of thiazole rings is 1. The SMILES string of the molecule is CC(NC(=O)Nc1nc(-c2cccnc2)cs1)c1ncc[nH]1. The number of aromatic nitrogens is 4. The minimum Gasteiger partial charge on any atom is -0.347 e. The number of aromatic amines is 1. The Morgan fingerprint density at radius 1 is 1.41 bits per heavy atom. The van der Waals surface area contributed by atoms with Crippen molar-refractivity contribution in [3.8, 4) is 11.3 Å². The largest absolute Gasteiger partial charge is 0.347 e. The first-order chi connectivity index (χ1) is 10.7. The molecule has 0 aliphatic rings. The van der Waals surface area contributed by atoms with Gasteiger partial charge in [-0.2, -0.15) is 0 Å². The van der Waals surface area contributed by atoms with Gasteiger partial charge in [-0.1, -0.05) is 0 Å². The molecule has 7 nitrogen and oxygen atoms in total. The zero-order chi connectivity index (χ0) is 15.4. The molecule has 3 heterocycles. The summed E-state index contributed by atoms with van der Waals surface area (Å²) in [5.74, 6) is 0.699. The Balaban J connectivity index is 1.62. The highest BCUT2D eigenvalue weighted by Gasteiger charge is 2.13. The fourth-order valence-corrected chi connectivity index (χ4v) is 2.61. The molecule has 0 saturated carbocycles. The van der Waals surface area contributed by atoms with E-state index in [1.54, 1.807) is 24.8 Å². The Labute approximate surface area is 130 Å². The normalized spacial score (nSPS) is 11.9. The van der Waals surface area contributed by atoms with Crippen molar-refractivity contribution in [2.75, 3.05) is 5.32 Å². The van der Waals surface area contributed by atoms with Gasteiger partial charge >= 0.3 is 6.03 Å². The van der Waals surface area contributed by atoms with Gasteiger partial charge in [-0.05, 0) is 19.1 Å². The molecule has 2 amide bonds. The van der Waals surface area contributed by atoms with Crippen LogP contribution in [0.25, 0.3) is 11.3 Å². The van der Waals surface area contributed by atoms with E-state index in [2.05, 4.69) is 30.6 Å². The summed E-state index contributed by atoms with van der Waals surface area (Å²) in [6.45, 7) is 1.85. The van der Waals surface area contributed by atoms with Crippen LogP contribution in [0.1, 0.15) is 18.8 Å². The molecule has 0 spiro atoms. The smallest absolute Gasteiger partial charge is 0.321 e. The number of anilines is 1. The van der Waals surface area contributed by atoms with Crippen LogP contribution in [0.4, 0.5) is 9.93 Å². The van der Waals surface area contributed by atoms with E-state index in [9.17, 15) is 4.79 Å². The highest BCUT2D eigenvalue weighted by atomic mass is 32.1. The van der Waals surface area contributed by atoms with Crippen LogP contribution in [0, 0.1) is 0 Å². The summed E-state index contributed by atoms with van der Waals surface area (Å²) in [6.07, 6.45) is 6.80. The summed E-state index contributed by atoms with van der Waals surface area (Å²) in [5.41, 5.74) is 1.70. The summed E-state index contributed by atoms with van der Waals surface area (Å²) < 4.78 is 0. The van der Waals surface area contributed by atoms with Crippen molar-refractivity contribution in [2.24, 2.45) is 0 Å². The molecule has 22 heavy (non-hydrogen) atoms. The minimum atomic E-state index is -0.323. The number of urea groups is 1. The van der Waals surface area contributed by atoms with Crippen LogP contribution in [-0.4, -0.2) is 26.0 Å². The lowest BCUT2D eigenvalue weighted by Gasteiger charge is -2.11. The maximum atomic E-state index is 12.0. The van der Waals surface area contributed by atoms with E-state index in [-0.39, 0.29) is 12.1 Å². The molecule has 0 aliphatic carbocycles. The number of imidazole rings is 1. The highest BCUT2D eigenvalue weighted by molar-refractivity contribution is 7.14. The van der Waals surface area contributed by atoms with Crippen molar-refractivity contribution in [1.29, 1.82) is 0 Å². The maximum Gasteiger partial charge on any atom is 0.321 e. The molecule has 3 rings (SSSR count). The van der Waals surface area contributed by atoms with Gasteiger partial charge in [-0.15, -0.1) is 11.3 Å². The van der Waals surface area contributed by atoms with Crippen LogP contribution in [0.15, 0.2) is 42.3 Å². The molecular weight excluding hydrogens is 300 g/mol. The van der Waals surface area contributed by atoms with Crippen LogP contribution in [-0.2, 0) is 0 Å². The second kappa shape index (κ2) is 6.35. The number of pyridine rings is 1. The van der Waals surface area contributed by atoms with Crippen molar-refractivity contribution in [2.45, 2.75) is 13.0 Å². The standard InChI is InChI=1S/C14H14N6OS/c1-9(12-16-5-6-17-12)18-13(21)20-14-19-11(8-22-14)10-3-2-4-15-7-10/h2-9H,1H3,(H,16,17)(H2,18,19,20,21). The van der Waals surface area contributed by atoms with Gasteiger partial charge in [0.2, 0.25) is 0 Å². The summed E-state index contributed by atoms with van der Waals surface area (Å²) >= 11 is 1.36. The quantitative estimate of drug-likeness (QED) is 0.690. The summed E-state index contributed by atoms with van der Waals surface area (Å²) in [6, 6.07) is 3.23. The number of nitrogens with one attached hydrogen (secondary N) is 3. The first kappa shape index (κ1) is 14.2. The Hall–Kier alpha value is -2.74. The average molecular weight is 314 g/mol. The molecule has 3 aromatic rings. The number of amides is 2. The van der Waals surface area contributed by atoms with Crippen LogP contribution in [0.2, 0.25) is 0 Å². The molecule has 112 valence electrons. The second-order valence-electron chi connectivity index (χ2n) is 4.57. The van der Waals surface area contributed by atoms with Crippen LogP contribution in [0.5, 0.6) is 0 Å². The highest BCUT2D eigenvalue weighted by Crippen LogP contribution is 2.24. The van der Waals surface area contributed by atoms with Gasteiger partial charge in [-0.3, -0.25) is 10.3 Å². The van der Waals surface area contributed by atoms with Gasteiger partial charge in [0.1, 0.15) is 5.82 Å². The van der Waals surface area contributed by atoms with Crippen LogP contribution < -0.4 is 10.6 Å². The fraction of sp³-hybridized carbons (Fsp3) is 0.143. The monoisotopic (exact) mass is 314 g/mol. The Morgan fingerprint density at radius 3 is 3.05 bits per heavy atom. The summed E-state index contributed by atoms with van der Waals surface area (Å²) in [7, 11) is 0. The second-order valence-corrected chi connectivity index (χ2v) is 5.43. The fourth-order valence-electron chi connectivity index (χ4n) is 1.89. The van der Waals surface area contributed by atoms with Crippen LogP contribution in [0.3, 0.4) is 0 Å². The molecule has 0 radical (unpaired) electrons. The Kier molecular flexibility index (Phi) is 4.10. The molecule has 0 aromatic carbocycles. The predicted octanol–water partition coefficient (Wildman–Crippen LogP) is 2.81. The van der Waals surface area contributed by atoms with Gasteiger partial charge in [0.05, 0.1) is 11.7 Å². The molecule has 1 atom stereocenters. The summed E-state index contributed by atoms with van der Waals surface area (Å²) in [4.78, 5) is 27.4. The van der Waals surface area contributed by atoms with Crippen molar-refractivity contribution < 1.29 is 4.79 Å². The third kappa shape index (κ3) is 3.29. The van der Waals surface area contributed by atoms with E-state index in [0.29, 0.717) is 11.0 Å². The van der Waals surface area contributed by atoms with E-state index in [0.717, 1.165) is 11.3 Å². The predicted molar refractivity (Wildman–Crippen MR) is 84.5 cm³/mol. The third-order valence-electron chi connectivity index (χ3n) is 2.96. The minimum absolute atomic E-state index is 0.215. The van der Waals surface area contributed by atoms with Crippen molar-refractivity contribution in [3.05, 3.63) is 48.1 Å². The molecule has 1 unspecified atom stereocenters. The van der Waals surface area contributed by atoms with E-state index in [1.165, 1.54) is 11.3 Å². The van der Waals surface area contributed by atoms with Gasteiger partial charge < -0.3 is 10.3 Å². The van der Waals surface area contributed by atoms with Gasteiger partial charge in [0.15, 0.2) is 5.13 Å². The van der Waals surface area contributed by atoms with Crippen molar-refractivity contribution in [3.63, 3.8) is 0 Å². The maximum absolute atomic E-state index is 12.0. The topological polar surface area (TPSA) is 95.6 Å². The third-order valence-corrected chi connectivity index (χ3v) is 3.72. The molecule has 0 fully saturated rings. The molecular formula is C14H14N6OS. The number of carbonyl (C=O) groups is 1. The Morgan fingerprint density at radius 2 is 2.32 bits per heavy atom. The number of nitrogens with zero attached hydrogens (tertiary/aromatic N) is 3. The first-order valence-corrected chi connectivity index (χ1v) is 7.53. The van der Waals surface area contributed by atoms with Crippen LogP contribution >= 0.6 is 11.3 Å². The molecule has 8 heteroatoms. The average Bonchev–Trinajstić information content (AvgIpc) is 3.19. The number of carbonyl (C=O) groups excluding carboxylic acids is 1. The van der Waals surface area contributed by atoms with Crippen molar-refractivity contribution in [1.82, 2.24) is 25.3 Å². The first-order valence-electron chi connectivity index (χ1n) is 6.65. The van der Waals surface area contributed by atoms with E-state index < -0.39 is 0 Å². The van der Waals surface area contributed by atoms with Crippen molar-refractivity contribution >= 4 is 22.5 Å². The molecule has 0 saturated heterocycles. The molecule has 0 aliphatic heterocycles. The lowest BCUT2D eigenvalue weighted by molar-refractivity contribution is 0.249. The van der Waals surface area contributed by atoms with E-state index in [1.807, 2.05) is 24.4 Å². The number of hydrogen-bond acceptors (Lipinski definition) is 5.